The quantitative estimate of drug-likeness (QED) is 0.868. The van der Waals surface area contributed by atoms with E-state index in [4.69, 9.17) is 4.42 Å². The van der Waals surface area contributed by atoms with Gasteiger partial charge in [-0.1, -0.05) is 30.3 Å². The molecule has 1 aliphatic rings. The first-order valence-corrected chi connectivity index (χ1v) is 8.01. The number of carbonyl (C=O) groups is 1. The summed E-state index contributed by atoms with van der Waals surface area (Å²) in [5.41, 5.74) is 1.30. The number of carbonyl (C=O) groups excluding carboxylic acids is 1. The highest BCUT2D eigenvalue weighted by Gasteiger charge is 2.29. The van der Waals surface area contributed by atoms with Crippen molar-refractivity contribution in [1.29, 1.82) is 0 Å². The van der Waals surface area contributed by atoms with Gasteiger partial charge in [-0.25, -0.2) is 0 Å². The Hall–Kier alpha value is -2.21. The minimum absolute atomic E-state index is 0.0888. The Labute approximate surface area is 136 Å². The first-order chi connectivity index (χ1) is 11.1. The average molecular weight is 314 g/mol. The Morgan fingerprint density at radius 3 is 2.74 bits per heavy atom. The summed E-state index contributed by atoms with van der Waals surface area (Å²) in [7, 11) is 0. The second kappa shape index (κ2) is 6.91. The Balaban J connectivity index is 1.66. The molecule has 0 bridgehead atoms. The second-order valence-electron chi connectivity index (χ2n) is 6.05. The molecule has 2 heterocycles. The minimum Gasteiger partial charge on any atom is -0.417 e. The van der Waals surface area contributed by atoms with E-state index in [0.717, 1.165) is 26.1 Å². The summed E-state index contributed by atoms with van der Waals surface area (Å²) in [4.78, 5) is 16.8. The van der Waals surface area contributed by atoms with Crippen molar-refractivity contribution < 1.29 is 9.21 Å². The normalized spacial score (nSPS) is 19.6. The third-order valence-electron chi connectivity index (χ3n) is 4.15. The van der Waals surface area contributed by atoms with E-state index in [1.165, 1.54) is 5.56 Å². The third kappa shape index (κ3) is 3.76. The Morgan fingerprint density at radius 1 is 1.26 bits per heavy atom. The molecule has 1 aliphatic heterocycles. The van der Waals surface area contributed by atoms with Gasteiger partial charge in [-0.15, -0.1) is 10.2 Å². The van der Waals surface area contributed by atoms with Crippen molar-refractivity contribution in [2.24, 2.45) is 0 Å². The molecule has 1 atom stereocenters. The van der Waals surface area contributed by atoms with Crippen LogP contribution in [0.4, 0.5) is 0 Å². The molecule has 0 radical (unpaired) electrons. The maximum atomic E-state index is 12.6. The summed E-state index contributed by atoms with van der Waals surface area (Å²) < 4.78 is 5.28. The highest BCUT2D eigenvalue weighted by atomic mass is 16.4. The lowest BCUT2D eigenvalue weighted by Crippen LogP contribution is -2.42. The number of nitrogens with zero attached hydrogens (tertiary/aromatic N) is 4. The third-order valence-corrected chi connectivity index (χ3v) is 4.15. The lowest BCUT2D eigenvalue weighted by Gasteiger charge is -2.28. The van der Waals surface area contributed by atoms with Gasteiger partial charge >= 0.3 is 11.8 Å². The van der Waals surface area contributed by atoms with Gasteiger partial charge in [-0.3, -0.25) is 9.69 Å². The van der Waals surface area contributed by atoms with Crippen LogP contribution in [-0.4, -0.2) is 51.6 Å². The van der Waals surface area contributed by atoms with E-state index >= 15 is 0 Å². The fourth-order valence-electron chi connectivity index (χ4n) is 3.04. The molecule has 122 valence electrons. The number of aromatic nitrogens is 2. The zero-order chi connectivity index (χ0) is 16.2. The topological polar surface area (TPSA) is 62.5 Å². The van der Waals surface area contributed by atoms with Crippen LogP contribution in [-0.2, 0) is 6.54 Å². The van der Waals surface area contributed by atoms with Crippen LogP contribution in [0.1, 0.15) is 35.5 Å². The van der Waals surface area contributed by atoms with Crippen LogP contribution in [0.3, 0.4) is 0 Å². The number of benzene rings is 1. The fourth-order valence-corrected chi connectivity index (χ4v) is 3.04. The molecular formula is C17H22N4O2. The molecule has 2 aromatic rings. The van der Waals surface area contributed by atoms with Crippen molar-refractivity contribution in [2.75, 3.05) is 19.6 Å². The Kier molecular flexibility index (Phi) is 4.71. The van der Waals surface area contributed by atoms with Crippen LogP contribution in [0.2, 0.25) is 0 Å². The molecule has 6 nitrogen and oxygen atoms in total. The molecule has 6 heteroatoms. The molecule has 0 N–H and O–H groups in total. The van der Waals surface area contributed by atoms with Gasteiger partial charge in [0.1, 0.15) is 0 Å². The zero-order valence-corrected chi connectivity index (χ0v) is 13.6. The fraction of sp³-hybridized carbons (Fsp3) is 0.471. The van der Waals surface area contributed by atoms with Crippen molar-refractivity contribution in [1.82, 2.24) is 20.0 Å². The molecule has 0 spiro atoms. The van der Waals surface area contributed by atoms with E-state index in [1.54, 1.807) is 6.92 Å². The lowest BCUT2D eigenvalue weighted by atomic mass is 10.2. The Morgan fingerprint density at radius 2 is 2.04 bits per heavy atom. The van der Waals surface area contributed by atoms with Crippen molar-refractivity contribution in [3.63, 3.8) is 0 Å². The van der Waals surface area contributed by atoms with E-state index in [0.29, 0.717) is 12.4 Å². The minimum atomic E-state index is -0.167. The predicted octanol–water partition coefficient (Wildman–Crippen LogP) is 2.11. The molecule has 0 saturated carbocycles. The van der Waals surface area contributed by atoms with Gasteiger partial charge in [0, 0.05) is 39.1 Å². The standard InChI is InChI=1S/C17H22N4O2/c1-13-11-20(12-15-7-4-3-5-8-15)9-6-10-21(13)17(22)16-19-18-14(2)23-16/h3-5,7-8,13H,6,9-12H2,1-2H3. The van der Waals surface area contributed by atoms with Gasteiger partial charge in [-0.05, 0) is 18.9 Å². The molecule has 1 aromatic carbocycles. The van der Waals surface area contributed by atoms with Gasteiger partial charge in [0.05, 0.1) is 0 Å². The molecule has 1 amide bonds. The molecule has 0 aliphatic carbocycles. The molecule has 23 heavy (non-hydrogen) atoms. The molecular weight excluding hydrogens is 292 g/mol. The molecule has 1 saturated heterocycles. The van der Waals surface area contributed by atoms with E-state index in [2.05, 4.69) is 46.3 Å². The highest BCUT2D eigenvalue weighted by molar-refractivity contribution is 5.89. The van der Waals surface area contributed by atoms with Crippen molar-refractivity contribution in [3.8, 4) is 0 Å². The monoisotopic (exact) mass is 314 g/mol. The van der Waals surface area contributed by atoms with Crippen LogP contribution in [0.5, 0.6) is 0 Å². The van der Waals surface area contributed by atoms with Gasteiger partial charge in [-0.2, -0.15) is 0 Å². The van der Waals surface area contributed by atoms with Crippen LogP contribution >= 0.6 is 0 Å². The van der Waals surface area contributed by atoms with E-state index in [-0.39, 0.29) is 17.8 Å². The summed E-state index contributed by atoms with van der Waals surface area (Å²) in [6.07, 6.45) is 0.941. The smallest absolute Gasteiger partial charge is 0.311 e. The molecule has 1 fully saturated rings. The van der Waals surface area contributed by atoms with Crippen LogP contribution in [0, 0.1) is 6.92 Å². The summed E-state index contributed by atoms with van der Waals surface area (Å²) in [5.74, 6) is 0.340. The van der Waals surface area contributed by atoms with Crippen LogP contribution < -0.4 is 0 Å². The van der Waals surface area contributed by atoms with Gasteiger partial charge in [0.2, 0.25) is 5.89 Å². The van der Waals surface area contributed by atoms with Gasteiger partial charge in [0.25, 0.3) is 0 Å². The second-order valence-corrected chi connectivity index (χ2v) is 6.05. The van der Waals surface area contributed by atoms with E-state index in [9.17, 15) is 4.79 Å². The molecule has 1 aromatic heterocycles. The van der Waals surface area contributed by atoms with E-state index < -0.39 is 0 Å². The number of amides is 1. The molecule has 1 unspecified atom stereocenters. The van der Waals surface area contributed by atoms with Crippen LogP contribution in [0.25, 0.3) is 0 Å². The largest absolute Gasteiger partial charge is 0.417 e. The SMILES string of the molecule is Cc1nnc(C(=O)N2CCCN(Cc3ccccc3)CC2C)o1. The first kappa shape index (κ1) is 15.7. The predicted molar refractivity (Wildman–Crippen MR) is 85.9 cm³/mol. The van der Waals surface area contributed by atoms with Crippen molar-refractivity contribution >= 4 is 5.91 Å². The van der Waals surface area contributed by atoms with Gasteiger partial charge < -0.3 is 9.32 Å². The number of hydrogen-bond acceptors (Lipinski definition) is 5. The molecule has 3 rings (SSSR count). The van der Waals surface area contributed by atoms with E-state index in [1.807, 2.05) is 11.0 Å². The maximum absolute atomic E-state index is 12.6. The number of aryl methyl sites for hydroxylation is 1. The van der Waals surface area contributed by atoms with Crippen molar-refractivity contribution in [3.05, 3.63) is 47.7 Å². The van der Waals surface area contributed by atoms with Gasteiger partial charge in [0.15, 0.2) is 0 Å². The number of rotatable bonds is 3. The zero-order valence-electron chi connectivity index (χ0n) is 13.6. The maximum Gasteiger partial charge on any atom is 0.311 e. The lowest BCUT2D eigenvalue weighted by molar-refractivity contribution is 0.0649. The summed E-state index contributed by atoms with van der Waals surface area (Å²) in [6.45, 7) is 7.21. The number of hydrogen-bond donors (Lipinski definition) is 0. The highest BCUT2D eigenvalue weighted by Crippen LogP contribution is 2.15. The average Bonchev–Trinajstić information content (AvgIpc) is 2.89. The summed E-state index contributed by atoms with van der Waals surface area (Å²) in [6, 6.07) is 10.5. The Bertz CT molecular complexity index is 656. The van der Waals surface area contributed by atoms with Crippen LogP contribution in [0.15, 0.2) is 34.7 Å². The van der Waals surface area contributed by atoms with Crippen molar-refractivity contribution in [2.45, 2.75) is 32.9 Å². The first-order valence-electron chi connectivity index (χ1n) is 8.01. The summed E-state index contributed by atoms with van der Waals surface area (Å²) in [5, 5.41) is 7.60. The summed E-state index contributed by atoms with van der Waals surface area (Å²) >= 11 is 0.